The number of methoxy groups -OCH3 is 1. The Bertz CT molecular complexity index is 435. The summed E-state index contributed by atoms with van der Waals surface area (Å²) in [7, 11) is 1.76. The fourth-order valence-corrected chi connectivity index (χ4v) is 3.55. The van der Waals surface area contributed by atoms with E-state index >= 15 is 0 Å². The van der Waals surface area contributed by atoms with Crippen molar-refractivity contribution in [2.75, 3.05) is 31.6 Å². The van der Waals surface area contributed by atoms with Gasteiger partial charge in [0.05, 0.1) is 12.8 Å². The molecule has 3 heteroatoms. The van der Waals surface area contributed by atoms with Crippen molar-refractivity contribution >= 4 is 5.69 Å². The fourth-order valence-electron chi connectivity index (χ4n) is 3.55. The van der Waals surface area contributed by atoms with Gasteiger partial charge in [0.2, 0.25) is 0 Å². The SMILES string of the molecule is COc1ccccc1N1CC2CCCCN2CC1C. The van der Waals surface area contributed by atoms with Gasteiger partial charge < -0.3 is 9.64 Å². The largest absolute Gasteiger partial charge is 0.495 e. The average molecular weight is 260 g/mol. The number of fused-ring (bicyclic) bond motifs is 1. The van der Waals surface area contributed by atoms with Crippen molar-refractivity contribution in [3.63, 3.8) is 0 Å². The van der Waals surface area contributed by atoms with Crippen LogP contribution in [-0.2, 0) is 0 Å². The van der Waals surface area contributed by atoms with Gasteiger partial charge in [0.15, 0.2) is 0 Å². The highest BCUT2D eigenvalue weighted by Gasteiger charge is 2.33. The summed E-state index contributed by atoms with van der Waals surface area (Å²) in [4.78, 5) is 5.21. The predicted octanol–water partition coefficient (Wildman–Crippen LogP) is 2.76. The third-order valence-electron chi connectivity index (χ3n) is 4.58. The zero-order valence-electron chi connectivity index (χ0n) is 12.0. The topological polar surface area (TPSA) is 15.7 Å². The molecule has 2 aliphatic heterocycles. The summed E-state index contributed by atoms with van der Waals surface area (Å²) < 4.78 is 5.53. The molecule has 0 spiro atoms. The Hall–Kier alpha value is -1.22. The van der Waals surface area contributed by atoms with Gasteiger partial charge in [-0.1, -0.05) is 18.6 Å². The Morgan fingerprint density at radius 3 is 2.84 bits per heavy atom. The number of piperidine rings is 1. The number of anilines is 1. The summed E-state index contributed by atoms with van der Waals surface area (Å²) in [6, 6.07) is 9.70. The minimum atomic E-state index is 0.561. The van der Waals surface area contributed by atoms with E-state index < -0.39 is 0 Å². The standard InChI is InChI=1S/C16H24N2O/c1-13-11-17-10-6-5-7-14(17)12-18(13)15-8-3-4-9-16(15)19-2/h3-4,8-9,13-14H,5-7,10-12H2,1-2H3. The van der Waals surface area contributed by atoms with E-state index in [9.17, 15) is 0 Å². The van der Waals surface area contributed by atoms with Crippen molar-refractivity contribution in [3.05, 3.63) is 24.3 Å². The lowest BCUT2D eigenvalue weighted by Gasteiger charge is -2.48. The Kier molecular flexibility index (Phi) is 3.65. The van der Waals surface area contributed by atoms with Crippen LogP contribution in [0.3, 0.4) is 0 Å². The lowest BCUT2D eigenvalue weighted by atomic mass is 9.96. The number of rotatable bonds is 2. The normalized spacial score (nSPS) is 28.0. The van der Waals surface area contributed by atoms with Crippen LogP contribution in [0, 0.1) is 0 Å². The molecule has 2 unspecified atom stereocenters. The van der Waals surface area contributed by atoms with E-state index in [0.717, 1.165) is 18.3 Å². The first kappa shape index (κ1) is 12.8. The molecule has 2 aliphatic rings. The molecule has 2 saturated heterocycles. The predicted molar refractivity (Wildman–Crippen MR) is 79.0 cm³/mol. The smallest absolute Gasteiger partial charge is 0.142 e. The molecule has 0 aliphatic carbocycles. The fraction of sp³-hybridized carbons (Fsp3) is 0.625. The summed E-state index contributed by atoms with van der Waals surface area (Å²) in [5, 5.41) is 0. The minimum Gasteiger partial charge on any atom is -0.495 e. The van der Waals surface area contributed by atoms with Crippen LogP contribution in [0.1, 0.15) is 26.2 Å². The molecule has 0 radical (unpaired) electrons. The monoisotopic (exact) mass is 260 g/mol. The van der Waals surface area contributed by atoms with Crippen LogP contribution in [0.5, 0.6) is 5.75 Å². The van der Waals surface area contributed by atoms with E-state index in [0.29, 0.717) is 6.04 Å². The molecule has 19 heavy (non-hydrogen) atoms. The van der Waals surface area contributed by atoms with E-state index in [1.165, 1.54) is 38.0 Å². The van der Waals surface area contributed by atoms with Crippen molar-refractivity contribution in [1.82, 2.24) is 4.90 Å². The Morgan fingerprint density at radius 1 is 1.16 bits per heavy atom. The second kappa shape index (κ2) is 5.41. The first-order chi connectivity index (χ1) is 9.29. The van der Waals surface area contributed by atoms with Crippen molar-refractivity contribution in [2.24, 2.45) is 0 Å². The molecule has 2 fully saturated rings. The zero-order chi connectivity index (χ0) is 13.2. The molecule has 2 atom stereocenters. The molecular weight excluding hydrogens is 236 g/mol. The average Bonchev–Trinajstić information content (AvgIpc) is 2.46. The number of hydrogen-bond donors (Lipinski definition) is 0. The molecule has 1 aromatic carbocycles. The summed E-state index contributed by atoms with van der Waals surface area (Å²) in [6.45, 7) is 5.94. The van der Waals surface area contributed by atoms with Gasteiger partial charge in [-0.3, -0.25) is 4.90 Å². The molecule has 0 aromatic heterocycles. The van der Waals surface area contributed by atoms with Crippen LogP contribution >= 0.6 is 0 Å². The lowest BCUT2D eigenvalue weighted by molar-refractivity contribution is 0.115. The maximum absolute atomic E-state index is 5.53. The molecule has 0 saturated carbocycles. The van der Waals surface area contributed by atoms with Crippen LogP contribution in [0.2, 0.25) is 0 Å². The van der Waals surface area contributed by atoms with Crippen LogP contribution in [0.25, 0.3) is 0 Å². The second-order valence-electron chi connectivity index (χ2n) is 5.82. The third kappa shape index (κ3) is 2.44. The van der Waals surface area contributed by atoms with Gasteiger partial charge in [0.25, 0.3) is 0 Å². The van der Waals surface area contributed by atoms with Gasteiger partial charge >= 0.3 is 0 Å². The van der Waals surface area contributed by atoms with E-state index in [1.807, 2.05) is 6.07 Å². The molecule has 1 aromatic rings. The summed E-state index contributed by atoms with van der Waals surface area (Å²) in [5.74, 6) is 0.999. The highest BCUT2D eigenvalue weighted by molar-refractivity contribution is 5.59. The maximum atomic E-state index is 5.53. The molecular formula is C16H24N2O. The van der Waals surface area contributed by atoms with E-state index in [1.54, 1.807) is 7.11 Å². The highest BCUT2D eigenvalue weighted by Crippen LogP contribution is 2.33. The van der Waals surface area contributed by atoms with Crippen LogP contribution in [0.4, 0.5) is 5.69 Å². The number of para-hydroxylation sites is 2. The van der Waals surface area contributed by atoms with E-state index in [4.69, 9.17) is 4.74 Å². The van der Waals surface area contributed by atoms with Gasteiger partial charge in [-0.15, -0.1) is 0 Å². The minimum absolute atomic E-state index is 0.561. The van der Waals surface area contributed by atoms with Crippen molar-refractivity contribution in [1.29, 1.82) is 0 Å². The molecule has 3 nitrogen and oxygen atoms in total. The van der Waals surface area contributed by atoms with Gasteiger partial charge in [-0.05, 0) is 38.4 Å². The number of nitrogens with zero attached hydrogens (tertiary/aromatic N) is 2. The lowest BCUT2D eigenvalue weighted by Crippen LogP contribution is -2.58. The maximum Gasteiger partial charge on any atom is 0.142 e. The van der Waals surface area contributed by atoms with E-state index in [-0.39, 0.29) is 0 Å². The number of benzene rings is 1. The van der Waals surface area contributed by atoms with Crippen molar-refractivity contribution < 1.29 is 4.74 Å². The first-order valence-corrected chi connectivity index (χ1v) is 7.43. The molecule has 104 valence electrons. The van der Waals surface area contributed by atoms with Gasteiger partial charge in [-0.25, -0.2) is 0 Å². The zero-order valence-corrected chi connectivity index (χ0v) is 12.0. The van der Waals surface area contributed by atoms with Crippen LogP contribution < -0.4 is 9.64 Å². The van der Waals surface area contributed by atoms with E-state index in [2.05, 4.69) is 34.9 Å². The summed E-state index contributed by atoms with van der Waals surface area (Å²) in [5.41, 5.74) is 1.25. The Labute approximate surface area is 116 Å². The Balaban J connectivity index is 1.83. The second-order valence-corrected chi connectivity index (χ2v) is 5.82. The van der Waals surface area contributed by atoms with Crippen molar-refractivity contribution in [3.8, 4) is 5.75 Å². The van der Waals surface area contributed by atoms with Gasteiger partial charge in [-0.2, -0.15) is 0 Å². The quantitative estimate of drug-likeness (QED) is 0.813. The summed E-state index contributed by atoms with van der Waals surface area (Å²) in [6.07, 6.45) is 4.10. The number of hydrogen-bond acceptors (Lipinski definition) is 3. The Morgan fingerprint density at radius 2 is 2.00 bits per heavy atom. The van der Waals surface area contributed by atoms with Crippen molar-refractivity contribution in [2.45, 2.75) is 38.3 Å². The van der Waals surface area contributed by atoms with Gasteiger partial charge in [0.1, 0.15) is 5.75 Å². The number of piperazine rings is 1. The van der Waals surface area contributed by atoms with Crippen LogP contribution in [-0.4, -0.2) is 43.7 Å². The molecule has 3 rings (SSSR count). The third-order valence-corrected chi connectivity index (χ3v) is 4.58. The highest BCUT2D eigenvalue weighted by atomic mass is 16.5. The number of ether oxygens (including phenoxy) is 1. The first-order valence-electron chi connectivity index (χ1n) is 7.43. The molecule has 0 amide bonds. The molecule has 2 heterocycles. The van der Waals surface area contributed by atoms with Crippen LogP contribution in [0.15, 0.2) is 24.3 Å². The molecule has 0 N–H and O–H groups in total. The van der Waals surface area contributed by atoms with Gasteiger partial charge in [0, 0.05) is 25.2 Å². The summed E-state index contributed by atoms with van der Waals surface area (Å²) >= 11 is 0. The molecule has 0 bridgehead atoms.